The molecule has 3 atom stereocenters. The molecular weight excluding hydrogens is 384 g/mol. The van der Waals surface area contributed by atoms with E-state index < -0.39 is 0 Å². The summed E-state index contributed by atoms with van der Waals surface area (Å²) in [5, 5.41) is 13.1. The van der Waals surface area contributed by atoms with Crippen LogP contribution < -0.4 is 5.32 Å². The molecule has 3 aliphatic rings. The summed E-state index contributed by atoms with van der Waals surface area (Å²) in [5.41, 5.74) is 1.74. The molecule has 2 aromatic rings. The smallest absolute Gasteiger partial charge is 0.148 e. The highest BCUT2D eigenvalue weighted by atomic mass is 35.5. The second kappa shape index (κ2) is 8.58. The van der Waals surface area contributed by atoms with E-state index in [4.69, 9.17) is 16.3 Å². The molecule has 29 heavy (non-hydrogen) atoms. The van der Waals surface area contributed by atoms with Crippen molar-refractivity contribution in [2.45, 2.75) is 31.7 Å². The Morgan fingerprint density at radius 1 is 1.00 bits per heavy atom. The summed E-state index contributed by atoms with van der Waals surface area (Å²) < 4.78 is 5.50. The van der Waals surface area contributed by atoms with Gasteiger partial charge in [0.15, 0.2) is 0 Å². The lowest BCUT2D eigenvalue weighted by Gasteiger charge is -2.27. The number of aromatic nitrogens is 2. The number of anilines is 1. The van der Waals surface area contributed by atoms with Crippen LogP contribution in [0.3, 0.4) is 0 Å². The Labute approximate surface area is 177 Å². The van der Waals surface area contributed by atoms with E-state index in [1.54, 1.807) is 0 Å². The topological polar surface area (TPSA) is 50.3 Å². The molecule has 3 fully saturated rings. The number of ether oxygens (including phenoxy) is 1. The second-order valence-corrected chi connectivity index (χ2v) is 9.30. The maximum atomic E-state index is 6.27. The minimum Gasteiger partial charge on any atom is -0.381 e. The first-order valence-electron chi connectivity index (χ1n) is 10.9. The van der Waals surface area contributed by atoms with Crippen molar-refractivity contribution in [1.29, 1.82) is 0 Å². The Balaban J connectivity index is 1.13. The minimum atomic E-state index is 0.510. The van der Waals surface area contributed by atoms with Crippen molar-refractivity contribution in [2.24, 2.45) is 17.8 Å². The number of rotatable bonds is 5. The zero-order valence-electron chi connectivity index (χ0n) is 16.8. The summed E-state index contributed by atoms with van der Waals surface area (Å²) in [5.74, 6) is 3.35. The average molecular weight is 413 g/mol. The van der Waals surface area contributed by atoms with Gasteiger partial charge in [-0.3, -0.25) is 0 Å². The first-order chi connectivity index (χ1) is 14.2. The van der Waals surface area contributed by atoms with Crippen LogP contribution in [0, 0.1) is 17.8 Å². The molecule has 2 aliphatic heterocycles. The van der Waals surface area contributed by atoms with Gasteiger partial charge in [0.25, 0.3) is 0 Å². The molecule has 1 aliphatic carbocycles. The van der Waals surface area contributed by atoms with Gasteiger partial charge in [-0.1, -0.05) is 29.8 Å². The van der Waals surface area contributed by atoms with E-state index in [1.165, 1.54) is 45.3 Å². The molecule has 1 saturated carbocycles. The average Bonchev–Trinajstić information content (AvgIpc) is 3.28. The zero-order valence-corrected chi connectivity index (χ0v) is 17.5. The van der Waals surface area contributed by atoms with Gasteiger partial charge in [-0.2, -0.15) is 0 Å². The molecule has 2 saturated heterocycles. The molecule has 0 bridgehead atoms. The van der Waals surface area contributed by atoms with E-state index in [1.807, 2.05) is 36.4 Å². The lowest BCUT2D eigenvalue weighted by Crippen LogP contribution is -2.32. The van der Waals surface area contributed by atoms with Crippen LogP contribution in [-0.4, -0.2) is 54.0 Å². The molecule has 0 amide bonds. The highest BCUT2D eigenvalue weighted by molar-refractivity contribution is 6.33. The van der Waals surface area contributed by atoms with E-state index in [0.717, 1.165) is 48.0 Å². The predicted octanol–water partition coefficient (Wildman–Crippen LogP) is 4.35. The third-order valence-electron chi connectivity index (χ3n) is 6.85. The first kappa shape index (κ1) is 19.3. The van der Waals surface area contributed by atoms with Crippen molar-refractivity contribution in [2.75, 3.05) is 38.2 Å². The highest BCUT2D eigenvalue weighted by Gasteiger charge is 2.41. The lowest BCUT2D eigenvalue weighted by atomic mass is 10.00. The second-order valence-electron chi connectivity index (χ2n) is 8.89. The van der Waals surface area contributed by atoms with E-state index >= 15 is 0 Å². The summed E-state index contributed by atoms with van der Waals surface area (Å²) in [6.45, 7) is 5.69. The summed E-state index contributed by atoms with van der Waals surface area (Å²) >= 11 is 6.27. The third kappa shape index (κ3) is 4.42. The van der Waals surface area contributed by atoms with Gasteiger partial charge in [0, 0.05) is 44.5 Å². The number of nitrogens with one attached hydrogen (secondary N) is 1. The Morgan fingerprint density at radius 2 is 1.76 bits per heavy atom. The van der Waals surface area contributed by atoms with Crippen molar-refractivity contribution in [3.63, 3.8) is 0 Å². The number of hydrogen-bond donors (Lipinski definition) is 1. The fraction of sp³-hybridized carbons (Fsp3) is 0.565. The summed E-state index contributed by atoms with van der Waals surface area (Å²) in [6, 6.07) is 12.3. The summed E-state index contributed by atoms with van der Waals surface area (Å²) in [7, 11) is 0. The fourth-order valence-corrected chi connectivity index (χ4v) is 5.62. The Morgan fingerprint density at radius 3 is 2.45 bits per heavy atom. The minimum absolute atomic E-state index is 0.510. The molecule has 0 radical (unpaired) electrons. The molecule has 0 unspecified atom stereocenters. The van der Waals surface area contributed by atoms with Crippen LogP contribution in [0.5, 0.6) is 0 Å². The van der Waals surface area contributed by atoms with Crippen molar-refractivity contribution < 1.29 is 4.74 Å². The Hall–Kier alpha value is -1.69. The number of likely N-dealkylation sites (tertiary alicyclic amines) is 1. The van der Waals surface area contributed by atoms with Crippen LogP contribution in [0.4, 0.5) is 5.82 Å². The Bertz CT molecular complexity index is 810. The van der Waals surface area contributed by atoms with Crippen LogP contribution in [0.1, 0.15) is 25.7 Å². The monoisotopic (exact) mass is 412 g/mol. The SMILES string of the molecule is Clc1ccccc1-c1ccc(N[C@H]2C[C@@H]3CN(CC4CCOCC4)C[C@@H]3C2)nn1. The number of hydrogen-bond acceptors (Lipinski definition) is 5. The van der Waals surface area contributed by atoms with Crippen LogP contribution in [0.25, 0.3) is 11.3 Å². The molecular formula is C23H29ClN4O. The number of benzene rings is 1. The third-order valence-corrected chi connectivity index (χ3v) is 7.18. The molecule has 154 valence electrons. The first-order valence-corrected chi connectivity index (χ1v) is 11.3. The molecule has 0 spiro atoms. The van der Waals surface area contributed by atoms with Crippen molar-refractivity contribution in [1.82, 2.24) is 15.1 Å². The van der Waals surface area contributed by atoms with Gasteiger partial charge in [0.2, 0.25) is 0 Å². The lowest BCUT2D eigenvalue weighted by molar-refractivity contribution is 0.0545. The number of halogens is 1. The maximum Gasteiger partial charge on any atom is 0.148 e. The molecule has 3 heterocycles. The fourth-order valence-electron chi connectivity index (χ4n) is 5.39. The predicted molar refractivity (Wildman–Crippen MR) is 116 cm³/mol. The number of fused-ring (bicyclic) bond motifs is 1. The summed E-state index contributed by atoms with van der Waals surface area (Å²) in [4.78, 5) is 2.71. The van der Waals surface area contributed by atoms with Gasteiger partial charge in [-0.25, -0.2) is 0 Å². The van der Waals surface area contributed by atoms with Crippen LogP contribution in [0.2, 0.25) is 5.02 Å². The molecule has 1 aromatic heterocycles. The van der Waals surface area contributed by atoms with Gasteiger partial charge in [-0.05, 0) is 61.6 Å². The largest absolute Gasteiger partial charge is 0.381 e. The van der Waals surface area contributed by atoms with Crippen molar-refractivity contribution in [3.05, 3.63) is 41.4 Å². The molecule has 1 aromatic carbocycles. The molecule has 5 nitrogen and oxygen atoms in total. The van der Waals surface area contributed by atoms with Crippen LogP contribution >= 0.6 is 11.6 Å². The van der Waals surface area contributed by atoms with Crippen molar-refractivity contribution in [3.8, 4) is 11.3 Å². The van der Waals surface area contributed by atoms with Gasteiger partial charge < -0.3 is 15.0 Å². The van der Waals surface area contributed by atoms with Crippen LogP contribution in [-0.2, 0) is 4.74 Å². The molecule has 6 heteroatoms. The maximum absolute atomic E-state index is 6.27. The van der Waals surface area contributed by atoms with Crippen LogP contribution in [0.15, 0.2) is 36.4 Å². The van der Waals surface area contributed by atoms with E-state index in [9.17, 15) is 0 Å². The van der Waals surface area contributed by atoms with Crippen molar-refractivity contribution >= 4 is 17.4 Å². The highest BCUT2D eigenvalue weighted by Crippen LogP contribution is 2.39. The van der Waals surface area contributed by atoms with Gasteiger partial charge in [-0.15, -0.1) is 10.2 Å². The molecule has 5 rings (SSSR count). The Kier molecular flexibility index (Phi) is 5.71. The normalized spacial score (nSPS) is 27.8. The number of nitrogens with zero attached hydrogens (tertiary/aromatic N) is 3. The van der Waals surface area contributed by atoms with Gasteiger partial charge >= 0.3 is 0 Å². The zero-order chi connectivity index (χ0) is 19.6. The van der Waals surface area contributed by atoms with E-state index in [2.05, 4.69) is 20.4 Å². The van der Waals surface area contributed by atoms with E-state index in [0.29, 0.717) is 11.1 Å². The quantitative estimate of drug-likeness (QED) is 0.791. The van der Waals surface area contributed by atoms with Gasteiger partial charge in [0.1, 0.15) is 5.82 Å². The standard InChI is InChI=1S/C23H29ClN4O/c24-21-4-2-1-3-20(21)22-5-6-23(27-26-22)25-19-11-17-14-28(15-18(17)12-19)13-16-7-9-29-10-8-16/h1-6,16-19H,7-15H2,(H,25,27)/t17-,18+,19+. The summed E-state index contributed by atoms with van der Waals surface area (Å²) in [6.07, 6.45) is 4.95. The van der Waals surface area contributed by atoms with Gasteiger partial charge in [0.05, 0.1) is 10.7 Å². The molecule has 1 N–H and O–H groups in total. The van der Waals surface area contributed by atoms with E-state index in [-0.39, 0.29) is 0 Å².